The molecule has 1 fully saturated rings. The van der Waals surface area contributed by atoms with Crippen molar-refractivity contribution in [1.82, 2.24) is 15.0 Å². The topological polar surface area (TPSA) is 91.0 Å². The van der Waals surface area contributed by atoms with Crippen molar-refractivity contribution in [3.63, 3.8) is 0 Å². The molecule has 30 heavy (non-hydrogen) atoms. The second-order valence-corrected chi connectivity index (χ2v) is 7.52. The zero-order valence-corrected chi connectivity index (χ0v) is 16.3. The van der Waals surface area contributed by atoms with Crippen molar-refractivity contribution in [2.24, 2.45) is 5.73 Å². The van der Waals surface area contributed by atoms with E-state index in [1.54, 1.807) is 18.5 Å². The molecule has 2 N–H and O–H groups in total. The number of rotatable bonds is 6. The minimum atomic E-state index is -0.342. The molecule has 2 aromatic carbocycles. The summed E-state index contributed by atoms with van der Waals surface area (Å²) in [5.74, 6) is 0.900. The van der Waals surface area contributed by atoms with Crippen LogP contribution in [-0.2, 0) is 11.2 Å². The highest BCUT2D eigenvalue weighted by Gasteiger charge is 2.26. The van der Waals surface area contributed by atoms with Gasteiger partial charge in [-0.3, -0.25) is 4.79 Å². The van der Waals surface area contributed by atoms with Crippen LogP contribution in [0.25, 0.3) is 22.2 Å². The van der Waals surface area contributed by atoms with Crippen molar-refractivity contribution in [2.75, 3.05) is 0 Å². The third-order valence-electron chi connectivity index (χ3n) is 5.20. The highest BCUT2D eigenvalue weighted by molar-refractivity contribution is 5.88. The highest BCUT2D eigenvalue weighted by atomic mass is 16.5. The van der Waals surface area contributed by atoms with Crippen molar-refractivity contribution in [1.29, 1.82) is 0 Å². The lowest BCUT2D eigenvalue weighted by molar-refractivity contribution is -0.117. The fourth-order valence-corrected chi connectivity index (χ4v) is 3.63. The second kappa shape index (κ2) is 7.55. The first kappa shape index (κ1) is 18.2. The monoisotopic (exact) mass is 396 g/mol. The van der Waals surface area contributed by atoms with E-state index in [4.69, 9.17) is 15.5 Å². The van der Waals surface area contributed by atoms with Crippen molar-refractivity contribution < 1.29 is 9.53 Å². The van der Waals surface area contributed by atoms with E-state index in [-0.39, 0.29) is 12.3 Å². The molecule has 0 bridgehead atoms. The van der Waals surface area contributed by atoms with Gasteiger partial charge in [0, 0.05) is 23.3 Å². The average molecular weight is 396 g/mol. The lowest BCUT2D eigenvalue weighted by Crippen LogP contribution is -2.13. The molecule has 6 nitrogen and oxygen atoms in total. The maximum atomic E-state index is 11.3. The molecule has 0 unspecified atom stereocenters. The number of carbonyl (C=O) groups excluding carboxylic acids is 1. The first-order valence-corrected chi connectivity index (χ1v) is 9.93. The Balaban J connectivity index is 1.50. The number of aromatic nitrogens is 3. The Morgan fingerprint density at radius 1 is 1.03 bits per heavy atom. The highest BCUT2D eigenvalue weighted by Crippen LogP contribution is 2.44. The molecule has 0 saturated heterocycles. The fraction of sp³-hybridized carbons (Fsp3) is 0.167. The zero-order chi connectivity index (χ0) is 20.5. The summed E-state index contributed by atoms with van der Waals surface area (Å²) in [5, 5.41) is 1.15. The predicted molar refractivity (Wildman–Crippen MR) is 114 cm³/mol. The summed E-state index contributed by atoms with van der Waals surface area (Å²) < 4.78 is 5.68. The summed E-state index contributed by atoms with van der Waals surface area (Å²) in [5.41, 5.74) is 10.4. The van der Waals surface area contributed by atoms with Crippen LogP contribution in [0.3, 0.4) is 0 Å². The number of hydrogen-bond donors (Lipinski definition) is 1. The van der Waals surface area contributed by atoms with Crippen LogP contribution < -0.4 is 10.5 Å². The fourth-order valence-electron chi connectivity index (χ4n) is 3.63. The minimum Gasteiger partial charge on any atom is -0.424 e. The van der Waals surface area contributed by atoms with E-state index in [0.717, 1.165) is 27.7 Å². The second-order valence-electron chi connectivity index (χ2n) is 7.52. The molecule has 2 aromatic heterocycles. The van der Waals surface area contributed by atoms with Gasteiger partial charge in [-0.1, -0.05) is 12.1 Å². The van der Waals surface area contributed by atoms with Gasteiger partial charge in [0.1, 0.15) is 5.75 Å². The summed E-state index contributed by atoms with van der Waals surface area (Å²) in [6.45, 7) is 0. The lowest BCUT2D eigenvalue weighted by Gasteiger charge is -2.11. The summed E-state index contributed by atoms with van der Waals surface area (Å²) in [7, 11) is 0. The van der Waals surface area contributed by atoms with E-state index >= 15 is 0 Å². The van der Waals surface area contributed by atoms with Gasteiger partial charge in [0.25, 0.3) is 0 Å². The Kier molecular flexibility index (Phi) is 4.59. The standard InChI is InChI=1S/C24H20N4O2/c25-23(29)13-15-2-9-19-20(16-3-4-16)14-21(28-22(19)12-15)17-5-7-18(8-6-17)30-24-26-10-1-11-27-24/h1-2,5-12,14,16H,3-4,13H2,(H2,25,29). The van der Waals surface area contributed by atoms with Crippen molar-refractivity contribution in [3.05, 3.63) is 78.1 Å². The number of amides is 1. The van der Waals surface area contributed by atoms with Gasteiger partial charge >= 0.3 is 6.01 Å². The van der Waals surface area contributed by atoms with Gasteiger partial charge in [0.2, 0.25) is 5.91 Å². The van der Waals surface area contributed by atoms with Gasteiger partial charge in [-0.05, 0) is 72.4 Å². The van der Waals surface area contributed by atoms with E-state index in [1.165, 1.54) is 18.4 Å². The van der Waals surface area contributed by atoms with Crippen LogP contribution in [0.1, 0.15) is 29.9 Å². The maximum Gasteiger partial charge on any atom is 0.321 e. The molecule has 1 aliphatic rings. The molecule has 4 aromatic rings. The van der Waals surface area contributed by atoms with Crippen molar-refractivity contribution >= 4 is 16.8 Å². The Morgan fingerprint density at radius 2 is 1.80 bits per heavy atom. The summed E-state index contributed by atoms with van der Waals surface area (Å²) >= 11 is 0. The van der Waals surface area contributed by atoms with Gasteiger partial charge in [0.05, 0.1) is 17.6 Å². The molecule has 5 rings (SSSR count). The molecular weight excluding hydrogens is 376 g/mol. The smallest absolute Gasteiger partial charge is 0.321 e. The summed E-state index contributed by atoms with van der Waals surface area (Å²) in [6.07, 6.45) is 5.90. The summed E-state index contributed by atoms with van der Waals surface area (Å²) in [6, 6.07) is 18.0. The normalized spacial score (nSPS) is 13.3. The van der Waals surface area contributed by atoms with E-state index in [0.29, 0.717) is 17.7 Å². The lowest BCUT2D eigenvalue weighted by atomic mass is 9.99. The number of carbonyl (C=O) groups is 1. The maximum absolute atomic E-state index is 11.3. The third kappa shape index (κ3) is 3.85. The van der Waals surface area contributed by atoms with Crippen molar-refractivity contribution in [3.8, 4) is 23.0 Å². The number of nitrogens with two attached hydrogens (primary N) is 1. The third-order valence-corrected chi connectivity index (χ3v) is 5.20. The van der Waals surface area contributed by atoms with Gasteiger partial charge in [0.15, 0.2) is 0 Å². The Labute approximate surface area is 173 Å². The van der Waals surface area contributed by atoms with Gasteiger partial charge in [-0.25, -0.2) is 15.0 Å². The molecule has 2 heterocycles. The molecule has 0 spiro atoms. The number of primary amides is 1. The first-order valence-electron chi connectivity index (χ1n) is 9.93. The van der Waals surface area contributed by atoms with Crippen LogP contribution in [0.5, 0.6) is 11.8 Å². The van der Waals surface area contributed by atoms with Gasteiger partial charge in [-0.2, -0.15) is 0 Å². The van der Waals surface area contributed by atoms with Gasteiger partial charge in [-0.15, -0.1) is 0 Å². The van der Waals surface area contributed by atoms with Crippen LogP contribution in [0.4, 0.5) is 0 Å². The molecule has 0 radical (unpaired) electrons. The first-order chi connectivity index (χ1) is 14.7. The predicted octanol–water partition coefficient (Wildman–Crippen LogP) is 4.39. The van der Waals surface area contributed by atoms with Crippen LogP contribution in [0.2, 0.25) is 0 Å². The Hall–Kier alpha value is -3.80. The van der Waals surface area contributed by atoms with Crippen LogP contribution >= 0.6 is 0 Å². The quantitative estimate of drug-likeness (QED) is 0.522. The number of fused-ring (bicyclic) bond motifs is 1. The molecule has 1 amide bonds. The number of benzene rings is 2. The number of hydrogen-bond acceptors (Lipinski definition) is 5. The van der Waals surface area contributed by atoms with E-state index in [1.807, 2.05) is 36.4 Å². The molecule has 6 heteroatoms. The van der Waals surface area contributed by atoms with Crippen LogP contribution in [0.15, 0.2) is 67.0 Å². The molecule has 148 valence electrons. The van der Waals surface area contributed by atoms with E-state index in [2.05, 4.69) is 22.1 Å². The largest absolute Gasteiger partial charge is 0.424 e. The zero-order valence-electron chi connectivity index (χ0n) is 16.3. The molecule has 0 aliphatic heterocycles. The van der Waals surface area contributed by atoms with Crippen molar-refractivity contribution in [2.45, 2.75) is 25.2 Å². The van der Waals surface area contributed by atoms with Crippen LogP contribution in [0, 0.1) is 0 Å². The SMILES string of the molecule is NC(=O)Cc1ccc2c(C3CC3)cc(-c3ccc(Oc4ncccn4)cc3)nc2c1. The van der Waals surface area contributed by atoms with E-state index in [9.17, 15) is 4.79 Å². The number of nitrogens with zero attached hydrogens (tertiary/aromatic N) is 3. The average Bonchev–Trinajstić information content (AvgIpc) is 3.59. The number of pyridine rings is 1. The number of ether oxygens (including phenoxy) is 1. The van der Waals surface area contributed by atoms with Gasteiger partial charge < -0.3 is 10.5 Å². The molecule has 0 atom stereocenters. The minimum absolute atomic E-state index is 0.216. The Bertz CT molecular complexity index is 1220. The summed E-state index contributed by atoms with van der Waals surface area (Å²) in [4.78, 5) is 24.4. The molecule has 1 saturated carbocycles. The Morgan fingerprint density at radius 3 is 2.50 bits per heavy atom. The van der Waals surface area contributed by atoms with Crippen LogP contribution in [-0.4, -0.2) is 20.9 Å². The molecule has 1 aliphatic carbocycles. The van der Waals surface area contributed by atoms with E-state index < -0.39 is 0 Å². The molecular formula is C24H20N4O2.